The Balaban J connectivity index is 1.86. The van der Waals surface area contributed by atoms with E-state index in [0.29, 0.717) is 6.42 Å². The fourth-order valence-electron chi connectivity index (χ4n) is 2.84. The highest BCUT2D eigenvalue weighted by atomic mass is 16.2. The Hall–Kier alpha value is -0.570. The third-order valence-corrected chi connectivity index (χ3v) is 3.58. The number of amides is 1. The molecule has 3 heteroatoms. The number of hydrogen-bond acceptors (Lipinski definition) is 2. The molecular formula is C11H20N2O. The van der Waals surface area contributed by atoms with Crippen molar-refractivity contribution in [2.75, 3.05) is 13.1 Å². The molecule has 1 saturated heterocycles. The molecule has 1 heterocycles. The molecule has 2 N–H and O–H groups in total. The smallest absolute Gasteiger partial charge is 0.224 e. The van der Waals surface area contributed by atoms with Crippen LogP contribution in [0.1, 0.15) is 32.6 Å². The van der Waals surface area contributed by atoms with Crippen molar-refractivity contribution in [2.24, 2.45) is 17.6 Å². The SMILES string of the molecule is CC(N)CC(=O)N1CC2CCCC2C1. The van der Waals surface area contributed by atoms with Gasteiger partial charge in [-0.3, -0.25) is 4.79 Å². The maximum atomic E-state index is 11.7. The van der Waals surface area contributed by atoms with Gasteiger partial charge in [0.2, 0.25) is 5.91 Å². The Kier molecular flexibility index (Phi) is 2.77. The first-order chi connectivity index (χ1) is 6.66. The van der Waals surface area contributed by atoms with Gasteiger partial charge in [0.15, 0.2) is 0 Å². The number of nitrogens with two attached hydrogens (primary N) is 1. The number of hydrogen-bond donors (Lipinski definition) is 1. The standard InChI is InChI=1S/C11H20N2O/c1-8(12)5-11(14)13-6-9-3-2-4-10(9)7-13/h8-10H,2-7,12H2,1H3. The Bertz CT molecular complexity index is 215. The van der Waals surface area contributed by atoms with E-state index in [4.69, 9.17) is 5.73 Å². The number of nitrogens with zero attached hydrogens (tertiary/aromatic N) is 1. The van der Waals surface area contributed by atoms with Gasteiger partial charge in [0, 0.05) is 25.6 Å². The molecule has 2 rings (SSSR count). The Morgan fingerprint density at radius 2 is 2.00 bits per heavy atom. The largest absolute Gasteiger partial charge is 0.342 e. The summed E-state index contributed by atoms with van der Waals surface area (Å²) in [6, 6.07) is 0.00272. The van der Waals surface area contributed by atoms with Crippen molar-refractivity contribution in [1.82, 2.24) is 4.90 Å². The van der Waals surface area contributed by atoms with Crippen LogP contribution in [0.25, 0.3) is 0 Å². The predicted octanol–water partition coefficient (Wildman–Crippen LogP) is 0.982. The molecule has 1 amide bonds. The van der Waals surface area contributed by atoms with Gasteiger partial charge in [0.05, 0.1) is 0 Å². The van der Waals surface area contributed by atoms with E-state index in [1.54, 1.807) is 0 Å². The van der Waals surface area contributed by atoms with Crippen LogP contribution in [0, 0.1) is 11.8 Å². The summed E-state index contributed by atoms with van der Waals surface area (Å²) < 4.78 is 0. The molecule has 0 aromatic carbocycles. The van der Waals surface area contributed by atoms with Crippen LogP contribution in [-0.4, -0.2) is 29.9 Å². The molecule has 0 bridgehead atoms. The minimum absolute atomic E-state index is 0.00272. The number of likely N-dealkylation sites (tertiary alicyclic amines) is 1. The number of carbonyl (C=O) groups is 1. The molecule has 0 aromatic heterocycles. The summed E-state index contributed by atoms with van der Waals surface area (Å²) in [6.07, 6.45) is 4.53. The van der Waals surface area contributed by atoms with Crippen molar-refractivity contribution in [1.29, 1.82) is 0 Å². The molecule has 1 aliphatic heterocycles. The lowest BCUT2D eigenvalue weighted by Crippen LogP contribution is -2.33. The molecular weight excluding hydrogens is 176 g/mol. The normalized spacial score (nSPS) is 33.1. The van der Waals surface area contributed by atoms with Gasteiger partial charge in [0.1, 0.15) is 0 Å². The van der Waals surface area contributed by atoms with E-state index in [1.165, 1.54) is 19.3 Å². The molecule has 1 aliphatic carbocycles. The van der Waals surface area contributed by atoms with Gasteiger partial charge in [-0.1, -0.05) is 6.42 Å². The van der Waals surface area contributed by atoms with Gasteiger partial charge < -0.3 is 10.6 Å². The van der Waals surface area contributed by atoms with Crippen molar-refractivity contribution in [3.63, 3.8) is 0 Å². The average molecular weight is 196 g/mol. The minimum Gasteiger partial charge on any atom is -0.342 e. The number of rotatable bonds is 2. The molecule has 3 unspecified atom stereocenters. The lowest BCUT2D eigenvalue weighted by molar-refractivity contribution is -0.130. The number of carbonyl (C=O) groups excluding carboxylic acids is 1. The molecule has 14 heavy (non-hydrogen) atoms. The minimum atomic E-state index is 0.00272. The number of fused-ring (bicyclic) bond motifs is 1. The topological polar surface area (TPSA) is 46.3 Å². The first kappa shape index (κ1) is 9.97. The van der Waals surface area contributed by atoms with E-state index in [2.05, 4.69) is 0 Å². The van der Waals surface area contributed by atoms with Crippen LogP contribution in [0.15, 0.2) is 0 Å². The van der Waals surface area contributed by atoms with Crippen molar-refractivity contribution >= 4 is 5.91 Å². The summed E-state index contributed by atoms with van der Waals surface area (Å²) in [5, 5.41) is 0. The molecule has 0 radical (unpaired) electrons. The Morgan fingerprint density at radius 3 is 2.50 bits per heavy atom. The summed E-state index contributed by atoms with van der Waals surface area (Å²) in [5.41, 5.74) is 5.63. The van der Waals surface area contributed by atoms with Crippen LogP contribution in [0.5, 0.6) is 0 Å². The molecule has 3 nitrogen and oxygen atoms in total. The van der Waals surface area contributed by atoms with Crippen LogP contribution in [-0.2, 0) is 4.79 Å². The quantitative estimate of drug-likeness (QED) is 0.715. The Morgan fingerprint density at radius 1 is 1.43 bits per heavy atom. The van der Waals surface area contributed by atoms with Crippen molar-refractivity contribution < 1.29 is 4.79 Å². The van der Waals surface area contributed by atoms with Gasteiger partial charge in [-0.05, 0) is 31.6 Å². The summed E-state index contributed by atoms with van der Waals surface area (Å²) in [7, 11) is 0. The van der Waals surface area contributed by atoms with Crippen LogP contribution in [0.3, 0.4) is 0 Å². The lowest BCUT2D eigenvalue weighted by Gasteiger charge is -2.18. The van der Waals surface area contributed by atoms with Crippen LogP contribution < -0.4 is 5.73 Å². The van der Waals surface area contributed by atoms with E-state index >= 15 is 0 Å². The third-order valence-electron chi connectivity index (χ3n) is 3.58. The third kappa shape index (κ3) is 1.92. The first-order valence-corrected chi connectivity index (χ1v) is 5.70. The van der Waals surface area contributed by atoms with Crippen molar-refractivity contribution in [2.45, 2.75) is 38.6 Å². The van der Waals surface area contributed by atoms with Crippen molar-refractivity contribution in [3.05, 3.63) is 0 Å². The first-order valence-electron chi connectivity index (χ1n) is 5.70. The maximum Gasteiger partial charge on any atom is 0.224 e. The zero-order valence-corrected chi connectivity index (χ0v) is 8.91. The summed E-state index contributed by atoms with van der Waals surface area (Å²) in [4.78, 5) is 13.8. The summed E-state index contributed by atoms with van der Waals surface area (Å²) >= 11 is 0. The second kappa shape index (κ2) is 3.89. The fourth-order valence-corrected chi connectivity index (χ4v) is 2.84. The van der Waals surface area contributed by atoms with Crippen LogP contribution >= 0.6 is 0 Å². The second-order valence-electron chi connectivity index (χ2n) is 4.93. The molecule has 0 spiro atoms. The summed E-state index contributed by atoms with van der Waals surface area (Å²) in [5.74, 6) is 1.86. The lowest BCUT2D eigenvalue weighted by atomic mass is 10.0. The molecule has 0 aromatic rings. The van der Waals surface area contributed by atoms with E-state index in [9.17, 15) is 4.79 Å². The van der Waals surface area contributed by atoms with Gasteiger partial charge >= 0.3 is 0 Å². The van der Waals surface area contributed by atoms with Gasteiger partial charge in [-0.2, -0.15) is 0 Å². The van der Waals surface area contributed by atoms with Gasteiger partial charge in [-0.25, -0.2) is 0 Å². The fraction of sp³-hybridized carbons (Fsp3) is 0.909. The highest BCUT2D eigenvalue weighted by molar-refractivity contribution is 5.77. The van der Waals surface area contributed by atoms with Crippen LogP contribution in [0.4, 0.5) is 0 Å². The predicted molar refractivity (Wildman–Crippen MR) is 55.7 cm³/mol. The van der Waals surface area contributed by atoms with Crippen LogP contribution in [0.2, 0.25) is 0 Å². The second-order valence-corrected chi connectivity index (χ2v) is 4.93. The van der Waals surface area contributed by atoms with E-state index in [0.717, 1.165) is 24.9 Å². The van der Waals surface area contributed by atoms with E-state index in [1.807, 2.05) is 11.8 Å². The maximum absolute atomic E-state index is 11.7. The molecule has 3 atom stereocenters. The zero-order valence-electron chi connectivity index (χ0n) is 8.91. The monoisotopic (exact) mass is 196 g/mol. The molecule has 1 saturated carbocycles. The highest BCUT2D eigenvalue weighted by Gasteiger charge is 2.37. The van der Waals surface area contributed by atoms with E-state index in [-0.39, 0.29) is 11.9 Å². The van der Waals surface area contributed by atoms with Crippen molar-refractivity contribution in [3.8, 4) is 0 Å². The zero-order chi connectivity index (χ0) is 10.1. The summed E-state index contributed by atoms with van der Waals surface area (Å²) in [6.45, 7) is 3.89. The molecule has 2 aliphatic rings. The highest BCUT2D eigenvalue weighted by Crippen LogP contribution is 2.37. The van der Waals surface area contributed by atoms with Gasteiger partial charge in [-0.15, -0.1) is 0 Å². The van der Waals surface area contributed by atoms with E-state index < -0.39 is 0 Å². The average Bonchev–Trinajstić information content (AvgIpc) is 2.58. The van der Waals surface area contributed by atoms with Gasteiger partial charge in [0.25, 0.3) is 0 Å². The molecule has 80 valence electrons. The molecule has 2 fully saturated rings. The Labute approximate surface area is 85.6 Å².